The molecule has 0 radical (unpaired) electrons. The van der Waals surface area contributed by atoms with Crippen LogP contribution >= 0.6 is 0 Å². The van der Waals surface area contributed by atoms with Crippen molar-refractivity contribution in [3.8, 4) is 0 Å². The molecule has 0 aromatic carbocycles. The third-order valence-electron chi connectivity index (χ3n) is 2.03. The molecule has 12 heavy (non-hydrogen) atoms. The first-order chi connectivity index (χ1) is 5.49. The summed E-state index contributed by atoms with van der Waals surface area (Å²) < 4.78 is 0. The first kappa shape index (κ1) is 11.0. The summed E-state index contributed by atoms with van der Waals surface area (Å²) in [6, 6.07) is 0. The molecular weight excluding hydrogens is 144 g/mol. The minimum absolute atomic E-state index is 1.12. The van der Waals surface area contributed by atoms with Crippen molar-refractivity contribution in [3.05, 3.63) is 47.6 Å². The van der Waals surface area contributed by atoms with Gasteiger partial charge in [-0.2, -0.15) is 0 Å². The fourth-order valence-corrected chi connectivity index (χ4v) is 0.723. The van der Waals surface area contributed by atoms with Gasteiger partial charge >= 0.3 is 0 Å². The Balaban J connectivity index is 4.76. The molecule has 0 unspecified atom stereocenters. The van der Waals surface area contributed by atoms with Crippen LogP contribution < -0.4 is 0 Å². The molecule has 66 valence electrons. The summed E-state index contributed by atoms with van der Waals surface area (Å²) in [5.74, 6) is 0. The van der Waals surface area contributed by atoms with E-state index < -0.39 is 0 Å². The van der Waals surface area contributed by atoms with Crippen molar-refractivity contribution in [1.29, 1.82) is 0 Å². The Morgan fingerprint density at radius 2 is 1.50 bits per heavy atom. The fourth-order valence-electron chi connectivity index (χ4n) is 0.723. The molecule has 0 nitrogen and oxygen atoms in total. The second-order valence-corrected chi connectivity index (χ2v) is 3.18. The molecule has 0 saturated carbocycles. The highest BCUT2D eigenvalue weighted by atomic mass is 14.0. The van der Waals surface area contributed by atoms with Crippen molar-refractivity contribution >= 4 is 0 Å². The molecule has 0 bridgehead atoms. The van der Waals surface area contributed by atoms with Crippen LogP contribution in [0.5, 0.6) is 0 Å². The van der Waals surface area contributed by atoms with Crippen LogP contribution in [-0.4, -0.2) is 0 Å². The van der Waals surface area contributed by atoms with E-state index in [1.165, 1.54) is 16.7 Å². The molecule has 0 saturated heterocycles. The Hall–Kier alpha value is -1.04. The van der Waals surface area contributed by atoms with Gasteiger partial charge in [-0.3, -0.25) is 0 Å². The SMILES string of the molecule is C=C/C(C)=C(C)\C=C(\C)C(=C)C. The van der Waals surface area contributed by atoms with Crippen LogP contribution in [0, 0.1) is 0 Å². The minimum Gasteiger partial charge on any atom is -0.0988 e. The van der Waals surface area contributed by atoms with E-state index in [9.17, 15) is 0 Å². The van der Waals surface area contributed by atoms with Crippen LogP contribution in [0.15, 0.2) is 47.6 Å². The standard InChI is InChI=1S/C12H18/c1-7-10(4)12(6)8-11(5)9(2)3/h7-8H,1-2H2,3-6H3/b11-8-,12-10-. The lowest BCUT2D eigenvalue weighted by atomic mass is 10.1. The minimum atomic E-state index is 1.12. The second-order valence-electron chi connectivity index (χ2n) is 3.18. The monoisotopic (exact) mass is 162 g/mol. The molecule has 0 N–H and O–H groups in total. The van der Waals surface area contributed by atoms with Gasteiger partial charge in [-0.05, 0) is 44.4 Å². The maximum Gasteiger partial charge on any atom is -0.0395 e. The van der Waals surface area contributed by atoms with E-state index in [1.807, 2.05) is 13.0 Å². The summed E-state index contributed by atoms with van der Waals surface area (Å²) in [6.07, 6.45) is 4.01. The van der Waals surface area contributed by atoms with Gasteiger partial charge < -0.3 is 0 Å². The second kappa shape index (κ2) is 4.76. The maximum absolute atomic E-state index is 3.88. The molecule has 0 amide bonds. The molecule has 0 aliphatic rings. The highest BCUT2D eigenvalue weighted by Gasteiger charge is 1.92. The van der Waals surface area contributed by atoms with Crippen LogP contribution in [-0.2, 0) is 0 Å². The Bertz CT molecular complexity index is 249. The number of hydrogen-bond donors (Lipinski definition) is 0. The molecule has 0 rings (SSSR count). The van der Waals surface area contributed by atoms with Gasteiger partial charge in [0.25, 0.3) is 0 Å². The molecule has 0 heterocycles. The van der Waals surface area contributed by atoms with Gasteiger partial charge in [0.15, 0.2) is 0 Å². The van der Waals surface area contributed by atoms with E-state index in [1.54, 1.807) is 0 Å². The molecular formula is C12H18. The summed E-state index contributed by atoms with van der Waals surface area (Å²) in [6.45, 7) is 15.8. The summed E-state index contributed by atoms with van der Waals surface area (Å²) >= 11 is 0. The molecule has 0 aromatic rings. The van der Waals surface area contributed by atoms with Gasteiger partial charge in [0.05, 0.1) is 0 Å². The van der Waals surface area contributed by atoms with Gasteiger partial charge in [0, 0.05) is 0 Å². The topological polar surface area (TPSA) is 0 Å². The number of hydrogen-bond acceptors (Lipinski definition) is 0. The average Bonchev–Trinajstić information content (AvgIpc) is 2.02. The summed E-state index contributed by atoms with van der Waals surface area (Å²) in [7, 11) is 0. The molecule has 0 aliphatic carbocycles. The van der Waals surface area contributed by atoms with Crippen molar-refractivity contribution < 1.29 is 0 Å². The van der Waals surface area contributed by atoms with Gasteiger partial charge in [0.2, 0.25) is 0 Å². The molecule has 0 spiro atoms. The zero-order chi connectivity index (χ0) is 9.72. The highest BCUT2D eigenvalue weighted by molar-refractivity contribution is 5.36. The Labute approximate surface area is 76.0 Å². The third kappa shape index (κ3) is 3.38. The predicted molar refractivity (Wildman–Crippen MR) is 57.1 cm³/mol. The normalized spacial score (nSPS) is 13.8. The first-order valence-corrected chi connectivity index (χ1v) is 4.13. The average molecular weight is 162 g/mol. The van der Waals surface area contributed by atoms with E-state index >= 15 is 0 Å². The zero-order valence-electron chi connectivity index (χ0n) is 8.57. The van der Waals surface area contributed by atoms with Crippen LogP contribution in [0.3, 0.4) is 0 Å². The van der Waals surface area contributed by atoms with E-state index in [4.69, 9.17) is 0 Å². The third-order valence-corrected chi connectivity index (χ3v) is 2.03. The highest BCUT2D eigenvalue weighted by Crippen LogP contribution is 2.12. The van der Waals surface area contributed by atoms with Crippen LogP contribution in [0.1, 0.15) is 27.7 Å². The molecule has 0 aromatic heterocycles. The number of rotatable bonds is 3. The molecule has 0 atom stereocenters. The predicted octanol–water partition coefficient (Wildman–Crippen LogP) is 4.03. The van der Waals surface area contributed by atoms with Gasteiger partial charge in [-0.25, -0.2) is 0 Å². The van der Waals surface area contributed by atoms with E-state index in [2.05, 4.69) is 40.0 Å². The van der Waals surface area contributed by atoms with Crippen LogP contribution in [0.2, 0.25) is 0 Å². The van der Waals surface area contributed by atoms with Crippen molar-refractivity contribution in [3.63, 3.8) is 0 Å². The summed E-state index contributed by atoms with van der Waals surface area (Å²) in [4.78, 5) is 0. The maximum atomic E-state index is 3.88. The van der Waals surface area contributed by atoms with Crippen molar-refractivity contribution in [2.75, 3.05) is 0 Å². The molecule has 0 fully saturated rings. The Kier molecular flexibility index (Phi) is 4.35. The Morgan fingerprint density at radius 1 is 1.00 bits per heavy atom. The van der Waals surface area contributed by atoms with Crippen molar-refractivity contribution in [2.45, 2.75) is 27.7 Å². The molecule has 0 aliphatic heterocycles. The number of allylic oxidation sites excluding steroid dienone is 6. The van der Waals surface area contributed by atoms with E-state index in [0.717, 1.165) is 5.57 Å². The lowest BCUT2D eigenvalue weighted by Crippen LogP contribution is -1.81. The largest absolute Gasteiger partial charge is 0.0988 e. The van der Waals surface area contributed by atoms with Gasteiger partial charge in [-0.1, -0.05) is 30.9 Å². The van der Waals surface area contributed by atoms with E-state index in [0.29, 0.717) is 0 Å². The summed E-state index contributed by atoms with van der Waals surface area (Å²) in [5, 5.41) is 0. The van der Waals surface area contributed by atoms with Crippen molar-refractivity contribution in [1.82, 2.24) is 0 Å². The first-order valence-electron chi connectivity index (χ1n) is 4.13. The zero-order valence-corrected chi connectivity index (χ0v) is 8.57. The van der Waals surface area contributed by atoms with Crippen LogP contribution in [0.4, 0.5) is 0 Å². The lowest BCUT2D eigenvalue weighted by Gasteiger charge is -2.01. The van der Waals surface area contributed by atoms with Gasteiger partial charge in [-0.15, -0.1) is 0 Å². The summed E-state index contributed by atoms with van der Waals surface area (Å²) in [5.41, 5.74) is 4.82. The van der Waals surface area contributed by atoms with E-state index in [-0.39, 0.29) is 0 Å². The smallest absolute Gasteiger partial charge is 0.0395 e. The lowest BCUT2D eigenvalue weighted by molar-refractivity contribution is 1.30. The quantitative estimate of drug-likeness (QED) is 0.549. The van der Waals surface area contributed by atoms with Crippen molar-refractivity contribution in [2.24, 2.45) is 0 Å². The van der Waals surface area contributed by atoms with Gasteiger partial charge in [0.1, 0.15) is 0 Å². The van der Waals surface area contributed by atoms with Crippen LogP contribution in [0.25, 0.3) is 0 Å². The fraction of sp³-hybridized carbons (Fsp3) is 0.333. The Morgan fingerprint density at radius 3 is 1.83 bits per heavy atom. The molecule has 0 heteroatoms.